The highest BCUT2D eigenvalue weighted by molar-refractivity contribution is 5.86. The predicted octanol–water partition coefficient (Wildman–Crippen LogP) is 1.04. The topological polar surface area (TPSA) is 89.4 Å². The van der Waals surface area contributed by atoms with Gasteiger partial charge in [-0.2, -0.15) is 0 Å². The van der Waals surface area contributed by atoms with Crippen molar-refractivity contribution in [2.24, 2.45) is 17.4 Å². The van der Waals surface area contributed by atoms with Crippen molar-refractivity contribution in [1.29, 1.82) is 0 Å². The summed E-state index contributed by atoms with van der Waals surface area (Å²) in [6, 6.07) is 0. The van der Waals surface area contributed by atoms with E-state index in [1.807, 2.05) is 6.92 Å². The molecule has 0 aliphatic carbocycles. The molecule has 0 saturated carbocycles. The number of nitrogens with zero attached hydrogens (tertiary/aromatic N) is 1. The number of likely N-dealkylation sites (tertiary alicyclic amines) is 1. The van der Waals surface area contributed by atoms with Crippen molar-refractivity contribution < 1.29 is 9.59 Å². The van der Waals surface area contributed by atoms with Gasteiger partial charge in [0, 0.05) is 19.5 Å². The first kappa shape index (κ1) is 18.2. The maximum Gasteiger partial charge on any atom is 0.242 e. The van der Waals surface area contributed by atoms with E-state index in [9.17, 15) is 9.59 Å². The normalized spacial score (nSPS) is 22.3. The molecule has 19 heavy (non-hydrogen) atoms. The minimum Gasteiger partial charge on any atom is -0.370 e. The lowest BCUT2D eigenvalue weighted by molar-refractivity contribution is -0.139. The van der Waals surface area contributed by atoms with E-state index < -0.39 is 5.54 Å². The number of carbonyl (C=O) groups is 2. The second-order valence-corrected chi connectivity index (χ2v) is 5.60. The molecule has 0 bridgehead atoms. The summed E-state index contributed by atoms with van der Waals surface area (Å²) in [7, 11) is 0. The molecule has 2 unspecified atom stereocenters. The highest BCUT2D eigenvalue weighted by atomic mass is 35.5. The van der Waals surface area contributed by atoms with Crippen molar-refractivity contribution in [2.75, 3.05) is 13.1 Å². The standard InChI is InChI=1S/C13H25N3O2.ClH/c1-3-6-13(2,15)12(18)16-7-4-5-10(9-16)8-11(14)17;/h10H,3-9,15H2,1-2H3,(H2,14,17);1H. The van der Waals surface area contributed by atoms with Gasteiger partial charge in [-0.3, -0.25) is 9.59 Å². The molecule has 4 N–H and O–H groups in total. The van der Waals surface area contributed by atoms with E-state index in [-0.39, 0.29) is 30.1 Å². The van der Waals surface area contributed by atoms with Crippen LogP contribution < -0.4 is 11.5 Å². The summed E-state index contributed by atoms with van der Waals surface area (Å²) in [5.41, 5.74) is 10.5. The molecule has 0 radical (unpaired) electrons. The van der Waals surface area contributed by atoms with E-state index >= 15 is 0 Å². The van der Waals surface area contributed by atoms with Crippen molar-refractivity contribution >= 4 is 24.2 Å². The summed E-state index contributed by atoms with van der Waals surface area (Å²) >= 11 is 0. The first-order valence-corrected chi connectivity index (χ1v) is 6.73. The number of amides is 2. The number of hydrogen-bond acceptors (Lipinski definition) is 3. The molecular formula is C13H26ClN3O2. The molecule has 1 saturated heterocycles. The summed E-state index contributed by atoms with van der Waals surface area (Å²) in [5, 5.41) is 0. The van der Waals surface area contributed by atoms with Gasteiger partial charge in [-0.15, -0.1) is 12.4 Å². The number of piperidine rings is 1. The molecular weight excluding hydrogens is 266 g/mol. The van der Waals surface area contributed by atoms with Crippen LogP contribution in [0.25, 0.3) is 0 Å². The van der Waals surface area contributed by atoms with Crippen LogP contribution in [0, 0.1) is 5.92 Å². The van der Waals surface area contributed by atoms with Gasteiger partial charge in [0.25, 0.3) is 0 Å². The third kappa shape index (κ3) is 5.37. The van der Waals surface area contributed by atoms with Crippen LogP contribution in [0.5, 0.6) is 0 Å². The van der Waals surface area contributed by atoms with Crippen molar-refractivity contribution in [1.82, 2.24) is 4.90 Å². The fourth-order valence-electron chi connectivity index (χ4n) is 2.69. The third-order valence-corrected chi connectivity index (χ3v) is 3.55. The Labute approximate surface area is 121 Å². The summed E-state index contributed by atoms with van der Waals surface area (Å²) in [4.78, 5) is 25.1. The van der Waals surface area contributed by atoms with E-state index in [0.29, 0.717) is 19.4 Å². The molecule has 0 aromatic carbocycles. The van der Waals surface area contributed by atoms with Crippen LogP contribution in [0.3, 0.4) is 0 Å². The van der Waals surface area contributed by atoms with Gasteiger partial charge in [0.15, 0.2) is 0 Å². The highest BCUT2D eigenvalue weighted by Gasteiger charge is 2.34. The number of halogens is 1. The van der Waals surface area contributed by atoms with Gasteiger partial charge in [-0.25, -0.2) is 0 Å². The molecule has 1 rings (SSSR count). The van der Waals surface area contributed by atoms with Gasteiger partial charge in [0.05, 0.1) is 5.54 Å². The molecule has 112 valence electrons. The highest BCUT2D eigenvalue weighted by Crippen LogP contribution is 2.22. The molecule has 5 nitrogen and oxygen atoms in total. The average molecular weight is 292 g/mol. The second-order valence-electron chi connectivity index (χ2n) is 5.60. The monoisotopic (exact) mass is 291 g/mol. The summed E-state index contributed by atoms with van der Waals surface area (Å²) < 4.78 is 0. The minimum absolute atomic E-state index is 0. The van der Waals surface area contributed by atoms with E-state index in [1.165, 1.54) is 0 Å². The average Bonchev–Trinajstić information content (AvgIpc) is 2.27. The van der Waals surface area contributed by atoms with Crippen LogP contribution in [0.2, 0.25) is 0 Å². The Hall–Kier alpha value is -0.810. The fraction of sp³-hybridized carbons (Fsp3) is 0.846. The van der Waals surface area contributed by atoms with Gasteiger partial charge < -0.3 is 16.4 Å². The zero-order chi connectivity index (χ0) is 13.8. The summed E-state index contributed by atoms with van der Waals surface area (Å²) in [5.74, 6) is -0.102. The van der Waals surface area contributed by atoms with Crippen molar-refractivity contribution in [3.63, 3.8) is 0 Å². The minimum atomic E-state index is -0.788. The molecule has 1 aliphatic rings. The smallest absolute Gasteiger partial charge is 0.242 e. The maximum absolute atomic E-state index is 12.3. The van der Waals surface area contributed by atoms with Crippen molar-refractivity contribution in [3.05, 3.63) is 0 Å². The number of hydrogen-bond donors (Lipinski definition) is 2. The Morgan fingerprint density at radius 1 is 1.42 bits per heavy atom. The van der Waals surface area contributed by atoms with Crippen LogP contribution in [-0.2, 0) is 9.59 Å². The van der Waals surface area contributed by atoms with Gasteiger partial charge in [-0.1, -0.05) is 13.3 Å². The summed E-state index contributed by atoms with van der Waals surface area (Å²) in [6.45, 7) is 5.16. The molecule has 1 heterocycles. The lowest BCUT2D eigenvalue weighted by Crippen LogP contribution is -2.55. The Morgan fingerprint density at radius 3 is 2.58 bits per heavy atom. The lowest BCUT2D eigenvalue weighted by atomic mass is 9.90. The molecule has 6 heteroatoms. The molecule has 1 fully saturated rings. The Kier molecular flexibility index (Phi) is 7.37. The zero-order valence-corrected chi connectivity index (χ0v) is 12.7. The van der Waals surface area contributed by atoms with E-state index in [1.54, 1.807) is 11.8 Å². The quantitative estimate of drug-likeness (QED) is 0.793. The van der Waals surface area contributed by atoms with Crippen LogP contribution >= 0.6 is 12.4 Å². The lowest BCUT2D eigenvalue weighted by Gasteiger charge is -2.37. The SMILES string of the molecule is CCCC(C)(N)C(=O)N1CCCC(CC(N)=O)C1.Cl. The number of primary amides is 1. The summed E-state index contributed by atoms with van der Waals surface area (Å²) in [6.07, 6.45) is 3.81. The second kappa shape index (κ2) is 7.70. The van der Waals surface area contributed by atoms with Crippen LogP contribution in [0.15, 0.2) is 0 Å². The van der Waals surface area contributed by atoms with E-state index in [4.69, 9.17) is 11.5 Å². The fourth-order valence-corrected chi connectivity index (χ4v) is 2.69. The molecule has 0 aromatic heterocycles. The molecule has 1 aliphatic heterocycles. The molecule has 2 amide bonds. The predicted molar refractivity (Wildman–Crippen MR) is 77.9 cm³/mol. The van der Waals surface area contributed by atoms with Crippen LogP contribution in [0.4, 0.5) is 0 Å². The van der Waals surface area contributed by atoms with Crippen LogP contribution in [0.1, 0.15) is 46.0 Å². The Balaban J connectivity index is 0.00000324. The van der Waals surface area contributed by atoms with Crippen molar-refractivity contribution in [2.45, 2.75) is 51.5 Å². The third-order valence-electron chi connectivity index (χ3n) is 3.55. The zero-order valence-electron chi connectivity index (χ0n) is 11.9. The van der Waals surface area contributed by atoms with Gasteiger partial charge >= 0.3 is 0 Å². The molecule has 2 atom stereocenters. The van der Waals surface area contributed by atoms with E-state index in [0.717, 1.165) is 25.8 Å². The number of carbonyl (C=O) groups excluding carboxylic acids is 2. The molecule has 0 spiro atoms. The molecule has 0 aromatic rings. The maximum atomic E-state index is 12.3. The number of rotatable bonds is 5. The first-order valence-electron chi connectivity index (χ1n) is 6.73. The van der Waals surface area contributed by atoms with E-state index in [2.05, 4.69) is 0 Å². The largest absolute Gasteiger partial charge is 0.370 e. The Bertz CT molecular complexity index is 321. The first-order chi connectivity index (χ1) is 8.36. The van der Waals surface area contributed by atoms with Crippen molar-refractivity contribution in [3.8, 4) is 0 Å². The van der Waals surface area contributed by atoms with Gasteiger partial charge in [0.2, 0.25) is 11.8 Å². The van der Waals surface area contributed by atoms with Gasteiger partial charge in [-0.05, 0) is 32.1 Å². The van der Waals surface area contributed by atoms with Gasteiger partial charge in [0.1, 0.15) is 0 Å². The van der Waals surface area contributed by atoms with Crippen LogP contribution in [-0.4, -0.2) is 35.3 Å². The Morgan fingerprint density at radius 2 is 2.05 bits per heavy atom. The number of nitrogens with two attached hydrogens (primary N) is 2.